The quantitative estimate of drug-likeness (QED) is 0.476. The third kappa shape index (κ3) is 4.00. The van der Waals surface area contributed by atoms with Crippen LogP contribution in [0.25, 0.3) is 10.9 Å². The maximum absolute atomic E-state index is 11.9. The van der Waals surface area contributed by atoms with E-state index in [2.05, 4.69) is 31.1 Å². The van der Waals surface area contributed by atoms with Crippen molar-refractivity contribution in [1.82, 2.24) is 4.98 Å². The smallest absolute Gasteiger partial charge is 0.302 e. The molecule has 6 nitrogen and oxygen atoms in total. The lowest BCUT2D eigenvalue weighted by atomic mass is 10.1. The van der Waals surface area contributed by atoms with E-state index in [1.807, 2.05) is 19.1 Å². The second-order valence-electron chi connectivity index (χ2n) is 5.45. The van der Waals surface area contributed by atoms with Gasteiger partial charge in [0.2, 0.25) is 5.88 Å². The molecule has 3 aromatic rings. The molecule has 0 aliphatic carbocycles. The van der Waals surface area contributed by atoms with Crippen LogP contribution >= 0.6 is 39.1 Å². The summed E-state index contributed by atoms with van der Waals surface area (Å²) < 4.78 is 6.08. The molecule has 0 fully saturated rings. The van der Waals surface area contributed by atoms with E-state index in [9.17, 15) is 9.90 Å². The molecule has 0 aliphatic heterocycles. The van der Waals surface area contributed by atoms with Gasteiger partial charge in [0.05, 0.1) is 10.5 Å². The van der Waals surface area contributed by atoms with Crippen LogP contribution in [0, 0.1) is 6.92 Å². The summed E-state index contributed by atoms with van der Waals surface area (Å²) >= 11 is 15.2. The van der Waals surface area contributed by atoms with Gasteiger partial charge in [0.1, 0.15) is 5.75 Å². The first kappa shape index (κ1) is 18.7. The predicted molar refractivity (Wildman–Crippen MR) is 104 cm³/mol. The minimum Gasteiger partial charge on any atom is -0.493 e. The lowest BCUT2D eigenvalue weighted by Gasteiger charge is -2.05. The molecule has 1 heterocycles. The average Bonchev–Trinajstić information content (AvgIpc) is 2.88. The number of amides is 1. The minimum absolute atomic E-state index is 0.176. The number of ether oxygens (including phenoxy) is 1. The zero-order chi connectivity index (χ0) is 18.8. The van der Waals surface area contributed by atoms with Gasteiger partial charge >= 0.3 is 5.91 Å². The number of halogens is 3. The third-order valence-corrected chi connectivity index (χ3v) is 4.62. The maximum Gasteiger partial charge on any atom is 0.302 e. The lowest BCUT2D eigenvalue weighted by molar-refractivity contribution is -0.120. The van der Waals surface area contributed by atoms with Gasteiger partial charge in [0, 0.05) is 14.9 Å². The number of carbonyl (C=O) groups is 1. The van der Waals surface area contributed by atoms with E-state index in [-0.39, 0.29) is 23.2 Å². The van der Waals surface area contributed by atoms with Gasteiger partial charge in [-0.05, 0) is 58.7 Å². The Morgan fingerprint density at radius 1 is 1.31 bits per heavy atom. The number of aryl methyl sites for hydroxylation is 1. The highest BCUT2D eigenvalue weighted by atomic mass is 79.9. The molecule has 0 bridgehead atoms. The van der Waals surface area contributed by atoms with E-state index in [1.54, 1.807) is 12.1 Å². The first-order valence-electron chi connectivity index (χ1n) is 7.38. The largest absolute Gasteiger partial charge is 0.493 e. The van der Waals surface area contributed by atoms with E-state index < -0.39 is 5.91 Å². The van der Waals surface area contributed by atoms with Crippen molar-refractivity contribution in [1.29, 1.82) is 0 Å². The zero-order valence-corrected chi connectivity index (χ0v) is 16.5. The van der Waals surface area contributed by atoms with E-state index in [0.29, 0.717) is 21.7 Å². The van der Waals surface area contributed by atoms with Crippen LogP contribution in [-0.2, 0) is 4.79 Å². The van der Waals surface area contributed by atoms with E-state index in [4.69, 9.17) is 27.9 Å². The molecule has 2 N–H and O–H groups in total. The number of carbonyl (C=O) groups excluding carboxylic acids is 1. The number of nitrogens with zero attached hydrogens (tertiary/aromatic N) is 2. The summed E-state index contributed by atoms with van der Waals surface area (Å²) in [6.45, 7) is 1.56. The molecule has 9 heteroatoms. The molecule has 0 unspecified atom stereocenters. The lowest BCUT2D eigenvalue weighted by Crippen LogP contribution is -2.08. The minimum atomic E-state index is -0.628. The van der Waals surface area contributed by atoms with Crippen molar-refractivity contribution >= 4 is 61.6 Å². The normalized spacial score (nSPS) is 11.4. The summed E-state index contributed by atoms with van der Waals surface area (Å²) in [6.07, 6.45) is 0. The topological polar surface area (TPSA) is 87.0 Å². The second-order valence-corrected chi connectivity index (χ2v) is 7.15. The highest BCUT2D eigenvalue weighted by Crippen LogP contribution is 2.39. The number of aromatic nitrogens is 1. The molecule has 0 radical (unpaired) electrons. The van der Waals surface area contributed by atoms with Crippen LogP contribution < -0.4 is 4.74 Å². The highest BCUT2D eigenvalue weighted by molar-refractivity contribution is 9.10. The molecule has 1 aromatic heterocycles. The Morgan fingerprint density at radius 2 is 2.08 bits per heavy atom. The van der Waals surface area contributed by atoms with E-state index >= 15 is 0 Å². The number of fused-ring (bicyclic) bond motifs is 1. The molecular weight excluding hydrogens is 445 g/mol. The third-order valence-electron chi connectivity index (χ3n) is 3.46. The van der Waals surface area contributed by atoms with Gasteiger partial charge < -0.3 is 14.8 Å². The summed E-state index contributed by atoms with van der Waals surface area (Å²) in [5.41, 5.74) is 1.81. The van der Waals surface area contributed by atoms with Crippen LogP contribution in [0.15, 0.2) is 45.0 Å². The Labute approximate surface area is 166 Å². The van der Waals surface area contributed by atoms with Crippen molar-refractivity contribution in [2.75, 3.05) is 6.61 Å². The summed E-state index contributed by atoms with van der Waals surface area (Å²) in [6, 6.07) is 8.39. The SMILES string of the molecule is Cc1cc(Br)c2[nH]c(O)c(N=NC(=O)COc3ccc(Cl)cc3Cl)c2c1. The van der Waals surface area contributed by atoms with Crippen molar-refractivity contribution in [2.45, 2.75) is 6.92 Å². The van der Waals surface area contributed by atoms with Gasteiger partial charge in [-0.1, -0.05) is 23.2 Å². The van der Waals surface area contributed by atoms with Gasteiger partial charge in [-0.3, -0.25) is 4.79 Å². The van der Waals surface area contributed by atoms with Gasteiger partial charge in [-0.15, -0.1) is 10.2 Å². The molecule has 134 valence electrons. The van der Waals surface area contributed by atoms with Crippen LogP contribution in [-0.4, -0.2) is 22.6 Å². The number of H-pyrrole nitrogens is 1. The summed E-state index contributed by atoms with van der Waals surface area (Å²) in [5, 5.41) is 18.9. The number of aromatic hydroxyl groups is 1. The highest BCUT2D eigenvalue weighted by Gasteiger charge is 2.14. The predicted octanol–water partition coefficient (Wildman–Crippen LogP) is 5.94. The van der Waals surface area contributed by atoms with Gasteiger partial charge in [-0.25, -0.2) is 0 Å². The second kappa shape index (κ2) is 7.65. The average molecular weight is 457 g/mol. The van der Waals surface area contributed by atoms with Crippen molar-refractivity contribution < 1.29 is 14.6 Å². The van der Waals surface area contributed by atoms with E-state index in [0.717, 1.165) is 10.0 Å². The molecule has 0 atom stereocenters. The molecule has 2 aromatic carbocycles. The number of benzene rings is 2. The van der Waals surface area contributed by atoms with Crippen LogP contribution in [0.3, 0.4) is 0 Å². The molecular formula is C17H12BrCl2N3O3. The Hall–Kier alpha value is -2.09. The fourth-order valence-corrected chi connectivity index (χ4v) is 3.47. The zero-order valence-electron chi connectivity index (χ0n) is 13.4. The molecule has 26 heavy (non-hydrogen) atoms. The molecule has 0 saturated heterocycles. The number of hydrogen-bond donors (Lipinski definition) is 2. The van der Waals surface area contributed by atoms with Crippen molar-refractivity contribution in [2.24, 2.45) is 10.2 Å². The number of azo groups is 1. The van der Waals surface area contributed by atoms with Gasteiger partial charge in [0.25, 0.3) is 0 Å². The first-order valence-corrected chi connectivity index (χ1v) is 8.93. The fourth-order valence-electron chi connectivity index (χ4n) is 2.33. The Morgan fingerprint density at radius 3 is 2.81 bits per heavy atom. The van der Waals surface area contributed by atoms with Crippen LogP contribution in [0.4, 0.5) is 5.69 Å². The van der Waals surface area contributed by atoms with Gasteiger partial charge in [-0.2, -0.15) is 0 Å². The van der Waals surface area contributed by atoms with Crippen molar-refractivity contribution in [3.05, 3.63) is 50.4 Å². The van der Waals surface area contributed by atoms with Crippen LogP contribution in [0.1, 0.15) is 5.56 Å². The summed E-state index contributed by atoms with van der Waals surface area (Å²) in [4.78, 5) is 14.7. The number of hydrogen-bond acceptors (Lipinski definition) is 4. The summed E-state index contributed by atoms with van der Waals surface area (Å²) in [5.74, 6) is -0.491. The number of nitrogens with one attached hydrogen (secondary N) is 1. The standard InChI is InChI=1S/C17H12BrCl2N3O3/c1-8-4-10-15(11(18)5-8)21-17(25)16(10)23-22-14(24)7-26-13-3-2-9(19)6-12(13)20/h2-6,21,25H,7H2,1H3. The molecule has 0 aliphatic rings. The van der Waals surface area contributed by atoms with Crippen LogP contribution in [0.2, 0.25) is 10.0 Å². The molecule has 3 rings (SSSR count). The van der Waals surface area contributed by atoms with Gasteiger partial charge in [0.15, 0.2) is 12.3 Å². The summed E-state index contributed by atoms with van der Waals surface area (Å²) in [7, 11) is 0. The van der Waals surface area contributed by atoms with E-state index in [1.165, 1.54) is 6.07 Å². The van der Waals surface area contributed by atoms with Crippen molar-refractivity contribution in [3.63, 3.8) is 0 Å². The number of aromatic amines is 1. The Balaban J connectivity index is 1.76. The molecule has 0 saturated carbocycles. The molecule has 0 spiro atoms. The first-order chi connectivity index (χ1) is 12.3. The monoisotopic (exact) mass is 455 g/mol. The Bertz CT molecular complexity index is 1030. The fraction of sp³-hybridized carbons (Fsp3) is 0.118. The van der Waals surface area contributed by atoms with Crippen molar-refractivity contribution in [3.8, 4) is 11.6 Å². The molecule has 1 amide bonds. The number of rotatable bonds is 4. The Kier molecular flexibility index (Phi) is 5.50. The maximum atomic E-state index is 11.9. The van der Waals surface area contributed by atoms with Crippen LogP contribution in [0.5, 0.6) is 11.6 Å².